The first kappa shape index (κ1) is 20.5. The van der Waals surface area contributed by atoms with Crippen molar-refractivity contribution in [3.8, 4) is 11.5 Å². The summed E-state index contributed by atoms with van der Waals surface area (Å²) in [6.45, 7) is 2.00. The number of nitrogens with one attached hydrogen (secondary N) is 1. The third-order valence-electron chi connectivity index (χ3n) is 6.16. The number of amides is 1. The van der Waals surface area contributed by atoms with Crippen molar-refractivity contribution in [2.75, 3.05) is 26.3 Å². The molecule has 2 atom stereocenters. The quantitative estimate of drug-likeness (QED) is 0.792. The summed E-state index contributed by atoms with van der Waals surface area (Å²) in [7, 11) is -3.75. The average Bonchev–Trinajstić information content (AvgIpc) is 2.78. The second-order valence-electron chi connectivity index (χ2n) is 8.08. The average molecular weight is 423 g/mol. The molecule has 1 saturated heterocycles. The highest BCUT2D eigenvalue weighted by Crippen LogP contribution is 2.36. The molecule has 0 spiro atoms. The van der Waals surface area contributed by atoms with Crippen LogP contribution in [0, 0.1) is 5.92 Å². The zero-order valence-corrected chi connectivity index (χ0v) is 17.6. The van der Waals surface area contributed by atoms with Crippen LogP contribution in [0.4, 0.5) is 0 Å². The highest BCUT2D eigenvalue weighted by atomic mass is 32.2. The van der Waals surface area contributed by atoms with E-state index < -0.39 is 10.0 Å². The maximum atomic E-state index is 13.7. The molecule has 1 aliphatic carbocycles. The van der Waals surface area contributed by atoms with E-state index in [0.717, 1.165) is 51.4 Å². The van der Waals surface area contributed by atoms with Crippen LogP contribution in [0.25, 0.3) is 0 Å². The number of benzene rings is 1. The van der Waals surface area contributed by atoms with E-state index in [-0.39, 0.29) is 22.8 Å². The van der Waals surface area contributed by atoms with E-state index >= 15 is 0 Å². The molecule has 29 heavy (non-hydrogen) atoms. The van der Waals surface area contributed by atoms with Gasteiger partial charge in [-0.15, -0.1) is 0 Å². The van der Waals surface area contributed by atoms with Crippen LogP contribution < -0.4 is 14.8 Å². The molecule has 2 aliphatic heterocycles. The molecule has 7 nitrogen and oxygen atoms in total. The molecule has 0 unspecified atom stereocenters. The van der Waals surface area contributed by atoms with Gasteiger partial charge in [0.25, 0.3) is 0 Å². The Bertz CT molecular complexity index is 841. The van der Waals surface area contributed by atoms with Crippen molar-refractivity contribution in [3.05, 3.63) is 18.2 Å². The molecular formula is C21H30N2O5S. The van der Waals surface area contributed by atoms with Gasteiger partial charge in [0, 0.05) is 25.2 Å². The van der Waals surface area contributed by atoms with E-state index in [9.17, 15) is 13.2 Å². The fraction of sp³-hybridized carbons (Fsp3) is 0.667. The van der Waals surface area contributed by atoms with Gasteiger partial charge in [-0.2, -0.15) is 4.31 Å². The number of carbonyl (C=O) groups excluding carboxylic acids is 1. The first-order valence-electron chi connectivity index (χ1n) is 10.8. The predicted molar refractivity (Wildman–Crippen MR) is 109 cm³/mol. The molecule has 8 heteroatoms. The molecule has 4 rings (SSSR count). The number of hydrogen-bond acceptors (Lipinski definition) is 5. The first-order chi connectivity index (χ1) is 14.1. The standard InChI is InChI=1S/C21H30N2O5S/c24-21-17-7-3-4-8-18(17)23(12-6-2-1-5-11-22-21)29(25,26)16-9-10-19-20(15-16)28-14-13-27-19/h9-10,15,17-18H,1-8,11-14H2,(H,22,24)/t17-,18+/m1/s1. The minimum Gasteiger partial charge on any atom is -0.486 e. The highest BCUT2D eigenvalue weighted by molar-refractivity contribution is 7.89. The molecule has 0 bridgehead atoms. The van der Waals surface area contributed by atoms with Gasteiger partial charge in [-0.3, -0.25) is 4.79 Å². The SMILES string of the molecule is O=C1NCCCCCCN(S(=O)(=O)c2ccc3c(c2)OCCO3)[C@H]2CCCC[C@@H]12. The number of nitrogens with zero attached hydrogens (tertiary/aromatic N) is 1. The van der Waals surface area contributed by atoms with Crippen LogP contribution in [0.3, 0.4) is 0 Å². The molecule has 1 amide bonds. The summed E-state index contributed by atoms with van der Waals surface area (Å²) in [6, 6.07) is 4.53. The molecule has 0 radical (unpaired) electrons. The number of hydrogen-bond donors (Lipinski definition) is 1. The van der Waals surface area contributed by atoms with Crippen molar-refractivity contribution in [1.29, 1.82) is 0 Å². The second kappa shape index (κ2) is 8.92. The van der Waals surface area contributed by atoms with Crippen molar-refractivity contribution in [2.24, 2.45) is 5.92 Å². The lowest BCUT2D eigenvalue weighted by Gasteiger charge is -2.38. The number of fused-ring (bicyclic) bond motifs is 2. The molecule has 2 fully saturated rings. The van der Waals surface area contributed by atoms with Crippen LogP contribution in [0.1, 0.15) is 51.4 Å². The molecular weight excluding hydrogens is 392 g/mol. The number of sulfonamides is 1. The summed E-state index contributed by atoms with van der Waals surface area (Å²) in [4.78, 5) is 13.0. The largest absolute Gasteiger partial charge is 0.486 e. The Hall–Kier alpha value is -1.80. The van der Waals surface area contributed by atoms with Crippen molar-refractivity contribution in [1.82, 2.24) is 9.62 Å². The van der Waals surface area contributed by atoms with Gasteiger partial charge in [-0.05, 0) is 37.8 Å². The van der Waals surface area contributed by atoms with Gasteiger partial charge in [-0.1, -0.05) is 25.7 Å². The summed E-state index contributed by atoms with van der Waals surface area (Å²) in [5.41, 5.74) is 0. The summed E-state index contributed by atoms with van der Waals surface area (Å²) < 4.78 is 40.1. The lowest BCUT2D eigenvalue weighted by Crippen LogP contribution is -2.51. The summed E-state index contributed by atoms with van der Waals surface area (Å²) in [6.07, 6.45) is 7.08. The topological polar surface area (TPSA) is 84.9 Å². The molecule has 1 saturated carbocycles. The third kappa shape index (κ3) is 4.38. The summed E-state index contributed by atoms with van der Waals surface area (Å²) >= 11 is 0. The predicted octanol–water partition coefficient (Wildman–Crippen LogP) is 2.70. The lowest BCUT2D eigenvalue weighted by molar-refractivity contribution is -0.127. The molecule has 0 aromatic heterocycles. The van der Waals surface area contributed by atoms with Crippen LogP contribution >= 0.6 is 0 Å². The van der Waals surface area contributed by atoms with Gasteiger partial charge < -0.3 is 14.8 Å². The second-order valence-corrected chi connectivity index (χ2v) is 9.98. The van der Waals surface area contributed by atoms with Crippen LogP contribution in [-0.2, 0) is 14.8 Å². The van der Waals surface area contributed by atoms with Crippen LogP contribution in [0.2, 0.25) is 0 Å². The molecule has 1 N–H and O–H groups in total. The summed E-state index contributed by atoms with van der Waals surface area (Å²) in [5.74, 6) is 0.753. The lowest BCUT2D eigenvalue weighted by atomic mass is 9.83. The van der Waals surface area contributed by atoms with E-state index in [1.807, 2.05) is 0 Å². The fourth-order valence-electron chi connectivity index (χ4n) is 4.63. The minimum atomic E-state index is -3.75. The van der Waals surface area contributed by atoms with Crippen LogP contribution in [0.5, 0.6) is 11.5 Å². The van der Waals surface area contributed by atoms with Crippen molar-refractivity contribution in [2.45, 2.75) is 62.3 Å². The zero-order chi connectivity index (χ0) is 20.3. The van der Waals surface area contributed by atoms with Gasteiger partial charge in [0.1, 0.15) is 13.2 Å². The fourth-order valence-corrected chi connectivity index (χ4v) is 6.38. The van der Waals surface area contributed by atoms with Gasteiger partial charge in [0.2, 0.25) is 15.9 Å². The van der Waals surface area contributed by atoms with Gasteiger partial charge >= 0.3 is 0 Å². The monoisotopic (exact) mass is 422 g/mol. The van der Waals surface area contributed by atoms with E-state index in [2.05, 4.69) is 5.32 Å². The number of rotatable bonds is 2. The van der Waals surface area contributed by atoms with E-state index in [1.165, 1.54) is 0 Å². The molecule has 1 aromatic carbocycles. The van der Waals surface area contributed by atoms with Gasteiger partial charge in [0.05, 0.1) is 10.8 Å². The molecule has 160 valence electrons. The van der Waals surface area contributed by atoms with Crippen molar-refractivity contribution < 1.29 is 22.7 Å². The summed E-state index contributed by atoms with van der Waals surface area (Å²) in [5, 5.41) is 3.04. The number of carbonyl (C=O) groups is 1. The van der Waals surface area contributed by atoms with Crippen LogP contribution in [-0.4, -0.2) is 51.0 Å². The maximum Gasteiger partial charge on any atom is 0.243 e. The van der Waals surface area contributed by atoms with Gasteiger partial charge in [-0.25, -0.2) is 8.42 Å². The molecule has 2 heterocycles. The molecule has 3 aliphatic rings. The maximum absolute atomic E-state index is 13.7. The van der Waals surface area contributed by atoms with Gasteiger partial charge in [0.15, 0.2) is 11.5 Å². The Labute approximate surface area is 172 Å². The van der Waals surface area contributed by atoms with Crippen molar-refractivity contribution >= 4 is 15.9 Å². The van der Waals surface area contributed by atoms with E-state index in [4.69, 9.17) is 9.47 Å². The minimum absolute atomic E-state index is 0.000950. The normalized spacial score (nSPS) is 26.7. The smallest absolute Gasteiger partial charge is 0.243 e. The third-order valence-corrected chi connectivity index (χ3v) is 8.08. The van der Waals surface area contributed by atoms with Crippen molar-refractivity contribution in [3.63, 3.8) is 0 Å². The molecule has 1 aromatic rings. The van der Waals surface area contributed by atoms with E-state index in [0.29, 0.717) is 37.8 Å². The highest BCUT2D eigenvalue weighted by Gasteiger charge is 2.40. The van der Waals surface area contributed by atoms with Crippen LogP contribution in [0.15, 0.2) is 23.1 Å². The van der Waals surface area contributed by atoms with E-state index in [1.54, 1.807) is 22.5 Å². The first-order valence-corrected chi connectivity index (χ1v) is 12.2. The Morgan fingerprint density at radius 1 is 0.931 bits per heavy atom. The Morgan fingerprint density at radius 2 is 1.69 bits per heavy atom. The number of ether oxygens (including phenoxy) is 2. The Morgan fingerprint density at radius 3 is 2.55 bits per heavy atom. The zero-order valence-electron chi connectivity index (χ0n) is 16.8. The Balaban J connectivity index is 1.68. The Kier molecular flexibility index (Phi) is 6.29.